The van der Waals surface area contributed by atoms with E-state index in [9.17, 15) is 14.0 Å². The number of thiophene rings is 1. The van der Waals surface area contributed by atoms with Crippen molar-refractivity contribution in [1.29, 1.82) is 0 Å². The zero-order chi connectivity index (χ0) is 15.7. The minimum Gasteiger partial charge on any atom is -0.481 e. The number of hydrogen-bond donors (Lipinski definition) is 1. The predicted octanol–water partition coefficient (Wildman–Crippen LogP) is 3.07. The van der Waals surface area contributed by atoms with Gasteiger partial charge in [-0.15, -0.1) is 11.3 Å². The van der Waals surface area contributed by atoms with Crippen molar-refractivity contribution in [3.8, 4) is 0 Å². The van der Waals surface area contributed by atoms with Crippen molar-refractivity contribution in [2.24, 2.45) is 0 Å². The van der Waals surface area contributed by atoms with Gasteiger partial charge in [-0.2, -0.15) is 11.8 Å². The lowest BCUT2D eigenvalue weighted by molar-refractivity contribution is -0.138. The van der Waals surface area contributed by atoms with Crippen LogP contribution in [0.15, 0.2) is 24.3 Å². The maximum atomic E-state index is 13.2. The summed E-state index contributed by atoms with van der Waals surface area (Å²) in [6.45, 7) is 0.546. The third-order valence-corrected chi connectivity index (χ3v) is 5.78. The topological polar surface area (TPSA) is 57.6 Å². The van der Waals surface area contributed by atoms with Crippen molar-refractivity contribution in [3.63, 3.8) is 0 Å². The van der Waals surface area contributed by atoms with Crippen molar-refractivity contribution in [1.82, 2.24) is 4.90 Å². The van der Waals surface area contributed by atoms with Crippen molar-refractivity contribution in [2.75, 3.05) is 18.1 Å². The van der Waals surface area contributed by atoms with Crippen LogP contribution in [0.2, 0.25) is 0 Å². The van der Waals surface area contributed by atoms with Crippen molar-refractivity contribution in [3.05, 3.63) is 35.0 Å². The summed E-state index contributed by atoms with van der Waals surface area (Å²) in [4.78, 5) is 25.8. The molecule has 1 amide bonds. The van der Waals surface area contributed by atoms with Crippen molar-refractivity contribution < 1.29 is 19.1 Å². The summed E-state index contributed by atoms with van der Waals surface area (Å²) in [5, 5.41) is 9.70. The van der Waals surface area contributed by atoms with Crippen molar-refractivity contribution in [2.45, 2.75) is 12.5 Å². The van der Waals surface area contributed by atoms with E-state index in [-0.39, 0.29) is 24.2 Å². The number of carboxylic acid groups (broad SMARTS) is 1. The molecule has 1 fully saturated rings. The first-order valence-electron chi connectivity index (χ1n) is 6.84. The van der Waals surface area contributed by atoms with E-state index in [0.717, 1.165) is 10.5 Å². The highest BCUT2D eigenvalue weighted by molar-refractivity contribution is 7.99. The van der Waals surface area contributed by atoms with Gasteiger partial charge in [0.1, 0.15) is 5.82 Å². The summed E-state index contributed by atoms with van der Waals surface area (Å²) in [6.07, 6.45) is -0.0434. The molecule has 0 spiro atoms. The minimum absolute atomic E-state index is 0.0434. The van der Waals surface area contributed by atoms with Crippen LogP contribution in [-0.4, -0.2) is 46.0 Å². The molecule has 2 heterocycles. The lowest BCUT2D eigenvalue weighted by Crippen LogP contribution is -2.46. The van der Waals surface area contributed by atoms with E-state index in [0.29, 0.717) is 22.6 Å². The average Bonchev–Trinajstić information content (AvgIpc) is 2.89. The highest BCUT2D eigenvalue weighted by atomic mass is 32.2. The van der Waals surface area contributed by atoms with Gasteiger partial charge >= 0.3 is 5.97 Å². The molecule has 1 aliphatic heterocycles. The summed E-state index contributed by atoms with van der Waals surface area (Å²) >= 11 is 2.98. The van der Waals surface area contributed by atoms with Crippen LogP contribution >= 0.6 is 23.1 Å². The number of benzene rings is 1. The summed E-state index contributed by atoms with van der Waals surface area (Å²) in [6, 6.07) is 5.84. The summed E-state index contributed by atoms with van der Waals surface area (Å²) in [5.41, 5.74) is 0. The third-order valence-electron chi connectivity index (χ3n) is 3.59. The van der Waals surface area contributed by atoms with Gasteiger partial charge in [0.2, 0.25) is 0 Å². The quantitative estimate of drug-likeness (QED) is 0.934. The first-order chi connectivity index (χ1) is 10.5. The number of rotatable bonds is 3. The van der Waals surface area contributed by atoms with E-state index in [1.807, 2.05) is 0 Å². The van der Waals surface area contributed by atoms with E-state index in [1.165, 1.54) is 23.5 Å². The summed E-state index contributed by atoms with van der Waals surface area (Å²) in [5.74, 6) is 0.0539. The molecule has 1 atom stereocenters. The molecule has 22 heavy (non-hydrogen) atoms. The average molecular weight is 339 g/mol. The molecule has 1 N–H and O–H groups in total. The summed E-state index contributed by atoms with van der Waals surface area (Å²) < 4.78 is 14.1. The van der Waals surface area contributed by atoms with Gasteiger partial charge in [-0.3, -0.25) is 9.59 Å². The number of amides is 1. The van der Waals surface area contributed by atoms with Gasteiger partial charge in [0.15, 0.2) is 0 Å². The van der Waals surface area contributed by atoms with Crippen molar-refractivity contribution >= 4 is 45.1 Å². The molecule has 1 aromatic carbocycles. The number of fused-ring (bicyclic) bond motifs is 1. The molecule has 0 radical (unpaired) electrons. The molecule has 116 valence electrons. The number of halogens is 1. The fourth-order valence-corrected chi connectivity index (χ4v) is 4.62. The maximum Gasteiger partial charge on any atom is 0.305 e. The number of carbonyl (C=O) groups is 2. The molecule has 0 bridgehead atoms. The Morgan fingerprint density at radius 1 is 1.36 bits per heavy atom. The van der Waals surface area contributed by atoms with E-state index in [2.05, 4.69) is 0 Å². The van der Waals surface area contributed by atoms with Crippen LogP contribution in [0.1, 0.15) is 16.1 Å². The van der Waals surface area contributed by atoms with Crippen LogP contribution in [-0.2, 0) is 4.79 Å². The van der Waals surface area contributed by atoms with Gasteiger partial charge < -0.3 is 10.0 Å². The van der Waals surface area contributed by atoms with E-state index < -0.39 is 5.97 Å². The van der Waals surface area contributed by atoms with Crippen LogP contribution in [0.3, 0.4) is 0 Å². The second kappa shape index (κ2) is 6.26. The third kappa shape index (κ3) is 3.10. The van der Waals surface area contributed by atoms with Crippen LogP contribution in [0, 0.1) is 5.82 Å². The SMILES string of the molecule is O=C(O)CC1CSCCN1C(=O)c1cc2cc(F)ccc2s1. The Morgan fingerprint density at radius 2 is 2.18 bits per heavy atom. The highest BCUT2D eigenvalue weighted by Gasteiger charge is 2.30. The molecule has 0 aliphatic carbocycles. The van der Waals surface area contributed by atoms with Crippen LogP contribution in [0.4, 0.5) is 4.39 Å². The standard InChI is InChI=1S/C15H14FNO3S2/c16-10-1-2-12-9(5-10)6-13(22-12)15(20)17-3-4-21-8-11(17)7-14(18)19/h1-2,5-6,11H,3-4,7-8H2,(H,18,19). The van der Waals surface area contributed by atoms with E-state index in [4.69, 9.17) is 5.11 Å². The van der Waals surface area contributed by atoms with Gasteiger partial charge in [0, 0.05) is 22.8 Å². The van der Waals surface area contributed by atoms with Crippen LogP contribution in [0.25, 0.3) is 10.1 Å². The molecule has 3 rings (SSSR count). The molecule has 1 saturated heterocycles. The monoisotopic (exact) mass is 339 g/mol. The first kappa shape index (κ1) is 15.3. The molecule has 1 unspecified atom stereocenters. The van der Waals surface area contributed by atoms with Crippen LogP contribution < -0.4 is 0 Å². The number of nitrogens with zero attached hydrogens (tertiary/aromatic N) is 1. The normalized spacial score (nSPS) is 18.6. The Kier molecular flexibility index (Phi) is 4.35. The second-order valence-electron chi connectivity index (χ2n) is 5.12. The molecule has 0 saturated carbocycles. The second-order valence-corrected chi connectivity index (χ2v) is 7.35. The Bertz CT molecular complexity index is 731. The lowest BCUT2D eigenvalue weighted by Gasteiger charge is -2.34. The van der Waals surface area contributed by atoms with Gasteiger partial charge in [-0.1, -0.05) is 0 Å². The van der Waals surface area contributed by atoms with Gasteiger partial charge in [0.05, 0.1) is 17.3 Å². The van der Waals surface area contributed by atoms with Crippen LogP contribution in [0.5, 0.6) is 0 Å². The molecule has 2 aromatic rings. The Labute approximate surface area is 134 Å². The molecule has 1 aliphatic rings. The predicted molar refractivity (Wildman–Crippen MR) is 86.2 cm³/mol. The Hall–Kier alpha value is -1.60. The zero-order valence-corrected chi connectivity index (χ0v) is 13.3. The van der Waals surface area contributed by atoms with Gasteiger partial charge in [0.25, 0.3) is 5.91 Å². The van der Waals surface area contributed by atoms with E-state index in [1.54, 1.807) is 28.8 Å². The largest absolute Gasteiger partial charge is 0.481 e. The molecule has 4 nitrogen and oxygen atoms in total. The summed E-state index contributed by atoms with van der Waals surface area (Å²) in [7, 11) is 0. The molecule has 1 aromatic heterocycles. The minimum atomic E-state index is -0.899. The highest BCUT2D eigenvalue weighted by Crippen LogP contribution is 2.29. The van der Waals surface area contributed by atoms with Gasteiger partial charge in [-0.25, -0.2) is 4.39 Å². The number of carboxylic acids is 1. The Morgan fingerprint density at radius 3 is 2.95 bits per heavy atom. The fraction of sp³-hybridized carbons (Fsp3) is 0.333. The lowest BCUT2D eigenvalue weighted by atomic mass is 10.2. The Balaban J connectivity index is 1.87. The zero-order valence-electron chi connectivity index (χ0n) is 11.6. The number of aliphatic carboxylic acids is 1. The molecular weight excluding hydrogens is 325 g/mol. The molecular formula is C15H14FNO3S2. The fourth-order valence-electron chi connectivity index (χ4n) is 2.55. The number of hydrogen-bond acceptors (Lipinski definition) is 4. The van der Waals surface area contributed by atoms with E-state index >= 15 is 0 Å². The molecule has 7 heteroatoms. The number of carbonyl (C=O) groups excluding carboxylic acids is 1. The first-order valence-corrected chi connectivity index (χ1v) is 8.81. The maximum absolute atomic E-state index is 13.2. The van der Waals surface area contributed by atoms with Gasteiger partial charge in [-0.05, 0) is 29.7 Å². The number of thioether (sulfide) groups is 1. The smallest absolute Gasteiger partial charge is 0.305 e.